The van der Waals surface area contributed by atoms with Gasteiger partial charge in [0.25, 0.3) is 5.91 Å². The molecule has 0 aliphatic carbocycles. The van der Waals surface area contributed by atoms with E-state index in [4.69, 9.17) is 14.1 Å². The summed E-state index contributed by atoms with van der Waals surface area (Å²) >= 11 is 1.41. The van der Waals surface area contributed by atoms with Gasteiger partial charge >= 0.3 is 0 Å². The van der Waals surface area contributed by atoms with Gasteiger partial charge in [0.15, 0.2) is 5.17 Å². The maximum Gasteiger partial charge on any atom is 0.257 e. The Balaban J connectivity index is 1.52. The topological polar surface area (TPSA) is 101 Å². The van der Waals surface area contributed by atoms with Crippen molar-refractivity contribution >= 4 is 22.8 Å². The zero-order chi connectivity index (χ0) is 23.7. The van der Waals surface area contributed by atoms with E-state index < -0.39 is 11.4 Å². The zero-order valence-corrected chi connectivity index (χ0v) is 19.1. The average Bonchev–Trinajstić information content (AvgIpc) is 3.30. The van der Waals surface area contributed by atoms with Crippen molar-refractivity contribution in [1.82, 2.24) is 10.3 Å². The van der Waals surface area contributed by atoms with Gasteiger partial charge in [-0.3, -0.25) is 4.79 Å². The van der Waals surface area contributed by atoms with Crippen LogP contribution in [0.1, 0.15) is 45.6 Å². The number of nitrogens with zero attached hydrogens (tertiary/aromatic N) is 3. The van der Waals surface area contributed by atoms with Gasteiger partial charge < -0.3 is 14.5 Å². The smallest absolute Gasteiger partial charge is 0.257 e. The lowest BCUT2D eigenvalue weighted by atomic mass is 9.74. The monoisotopic (exact) mass is 476 g/mol. The minimum Gasteiger partial charge on any atom is -0.446 e. The molecule has 0 radical (unpaired) electrons. The summed E-state index contributed by atoms with van der Waals surface area (Å²) < 4.78 is 26.9. The number of rotatable bonds is 3. The Labute approximate surface area is 200 Å². The number of nitriles is 1. The molecule has 3 aromatic rings. The third-order valence-electron chi connectivity index (χ3n) is 6.13. The lowest BCUT2D eigenvalue weighted by Gasteiger charge is -2.46. The Kier molecular flexibility index (Phi) is 5.94. The second kappa shape index (κ2) is 9.05. The van der Waals surface area contributed by atoms with Crippen LogP contribution in [0, 0.1) is 30.0 Å². The number of nitrogens with one attached hydrogen (secondary N) is 1. The number of oxazole rings is 1. The highest BCUT2D eigenvalue weighted by atomic mass is 32.2. The van der Waals surface area contributed by atoms with Crippen molar-refractivity contribution < 1.29 is 18.3 Å². The molecule has 172 valence electrons. The first-order valence-corrected chi connectivity index (χ1v) is 11.8. The number of amidine groups is 1. The standard InChI is InChI=1S/C25H21FN4O3S/c1-15-12-32-23(28-15)21-10-18-13-34-24(29-22(31)17-5-3-2-4-6-17)30-25(18,14-33-21)19-9-16(11-27)7-8-20(19)26/h2-9,12,18,21H,10,13-14H2,1H3,(H,29,30,31). The summed E-state index contributed by atoms with van der Waals surface area (Å²) in [6.45, 7) is 1.90. The molecule has 0 spiro atoms. The maximum atomic E-state index is 15.2. The Bertz CT molecular complexity index is 1300. The van der Waals surface area contributed by atoms with Crippen molar-refractivity contribution in [2.24, 2.45) is 10.9 Å². The van der Waals surface area contributed by atoms with Crippen LogP contribution in [0.2, 0.25) is 0 Å². The van der Waals surface area contributed by atoms with E-state index in [2.05, 4.69) is 16.4 Å². The van der Waals surface area contributed by atoms with Gasteiger partial charge in [-0.05, 0) is 43.7 Å². The molecule has 1 saturated heterocycles. The van der Waals surface area contributed by atoms with Gasteiger partial charge in [-0.25, -0.2) is 14.4 Å². The van der Waals surface area contributed by atoms with Crippen molar-refractivity contribution in [3.63, 3.8) is 0 Å². The fourth-order valence-corrected chi connectivity index (χ4v) is 5.55. The molecule has 7 nitrogen and oxygen atoms in total. The molecule has 3 unspecified atom stereocenters. The maximum absolute atomic E-state index is 15.2. The largest absolute Gasteiger partial charge is 0.446 e. The third-order valence-corrected chi connectivity index (χ3v) is 7.17. The van der Waals surface area contributed by atoms with Crippen LogP contribution in [-0.4, -0.2) is 28.4 Å². The van der Waals surface area contributed by atoms with Gasteiger partial charge in [-0.2, -0.15) is 5.26 Å². The summed E-state index contributed by atoms with van der Waals surface area (Å²) in [4.78, 5) is 22.0. The van der Waals surface area contributed by atoms with Gasteiger partial charge in [-0.15, -0.1) is 0 Å². The summed E-state index contributed by atoms with van der Waals surface area (Å²) in [6, 6.07) is 15.1. The van der Waals surface area contributed by atoms with E-state index >= 15 is 4.39 Å². The molecule has 0 saturated carbocycles. The summed E-state index contributed by atoms with van der Waals surface area (Å²) in [6.07, 6.45) is 1.69. The number of hydrogen-bond donors (Lipinski definition) is 1. The molecule has 3 heterocycles. The van der Waals surface area contributed by atoms with Crippen molar-refractivity contribution in [3.8, 4) is 6.07 Å². The number of aromatic nitrogens is 1. The third kappa shape index (κ3) is 4.11. The number of fused-ring (bicyclic) bond motifs is 1. The molecule has 2 aliphatic rings. The van der Waals surface area contributed by atoms with Crippen LogP contribution in [0.4, 0.5) is 4.39 Å². The summed E-state index contributed by atoms with van der Waals surface area (Å²) in [5, 5.41) is 12.7. The van der Waals surface area contributed by atoms with Crippen LogP contribution in [0.3, 0.4) is 0 Å². The predicted octanol–water partition coefficient (Wildman–Crippen LogP) is 4.50. The number of amides is 1. The van der Waals surface area contributed by atoms with Crippen LogP contribution in [0.25, 0.3) is 0 Å². The van der Waals surface area contributed by atoms with E-state index in [1.807, 2.05) is 13.0 Å². The number of halogens is 1. The second-order valence-electron chi connectivity index (χ2n) is 8.34. The van der Waals surface area contributed by atoms with Crippen molar-refractivity contribution in [2.75, 3.05) is 12.4 Å². The lowest BCUT2D eigenvalue weighted by Crippen LogP contribution is -2.49. The van der Waals surface area contributed by atoms with E-state index in [9.17, 15) is 10.1 Å². The summed E-state index contributed by atoms with van der Waals surface area (Å²) in [5.74, 6) is 0.154. The Morgan fingerprint density at radius 2 is 2.12 bits per heavy atom. The predicted molar refractivity (Wildman–Crippen MR) is 125 cm³/mol. The number of carbonyl (C=O) groups excluding carboxylic acids is 1. The molecule has 1 N–H and O–H groups in total. The van der Waals surface area contributed by atoms with Crippen molar-refractivity contribution in [2.45, 2.75) is 25.0 Å². The number of hydrogen-bond acceptors (Lipinski definition) is 7. The molecule has 9 heteroatoms. The highest BCUT2D eigenvalue weighted by Crippen LogP contribution is 2.49. The van der Waals surface area contributed by atoms with Gasteiger partial charge in [0.1, 0.15) is 23.7 Å². The van der Waals surface area contributed by atoms with Crippen LogP contribution >= 0.6 is 11.8 Å². The Morgan fingerprint density at radius 1 is 1.29 bits per heavy atom. The van der Waals surface area contributed by atoms with Gasteiger partial charge in [0.05, 0.1) is 23.9 Å². The zero-order valence-electron chi connectivity index (χ0n) is 18.3. The minimum absolute atomic E-state index is 0.0564. The molecule has 5 rings (SSSR count). The van der Waals surface area contributed by atoms with Crippen LogP contribution < -0.4 is 5.32 Å². The Hall–Kier alpha value is -3.48. The van der Waals surface area contributed by atoms with E-state index in [1.54, 1.807) is 30.5 Å². The molecule has 0 bridgehead atoms. The van der Waals surface area contributed by atoms with E-state index in [-0.39, 0.29) is 30.1 Å². The molecular formula is C25H21FN4O3S. The average molecular weight is 477 g/mol. The molecule has 3 atom stereocenters. The first kappa shape index (κ1) is 22.3. The second-order valence-corrected chi connectivity index (χ2v) is 9.35. The SMILES string of the molecule is Cc1coc(C2CC3CSC(NC(=O)c4ccccc4)=NC3(c3cc(C#N)ccc3F)CO2)n1. The highest BCUT2D eigenvalue weighted by Gasteiger charge is 2.51. The van der Waals surface area contributed by atoms with Crippen LogP contribution in [-0.2, 0) is 10.3 Å². The number of ether oxygens (including phenoxy) is 1. The van der Waals surface area contributed by atoms with Gasteiger partial charge in [0.2, 0.25) is 5.89 Å². The summed E-state index contributed by atoms with van der Waals surface area (Å²) in [5.41, 5.74) is 0.771. The van der Waals surface area contributed by atoms with Crippen molar-refractivity contribution in [1.29, 1.82) is 5.26 Å². The lowest BCUT2D eigenvalue weighted by molar-refractivity contribution is -0.0697. The van der Waals surface area contributed by atoms with E-state index in [0.717, 1.165) is 5.69 Å². The van der Waals surface area contributed by atoms with E-state index in [0.29, 0.717) is 34.4 Å². The minimum atomic E-state index is -1.10. The fourth-order valence-electron chi connectivity index (χ4n) is 4.39. The van der Waals surface area contributed by atoms with Gasteiger partial charge in [-0.1, -0.05) is 30.0 Å². The molecular weight excluding hydrogens is 455 g/mol. The van der Waals surface area contributed by atoms with Crippen molar-refractivity contribution in [3.05, 3.63) is 88.9 Å². The molecule has 2 aromatic carbocycles. The molecule has 1 fully saturated rings. The molecule has 1 aromatic heterocycles. The first-order valence-electron chi connectivity index (χ1n) is 10.8. The first-order chi connectivity index (χ1) is 16.5. The summed E-state index contributed by atoms with van der Waals surface area (Å²) in [7, 11) is 0. The number of aryl methyl sites for hydroxylation is 1. The van der Waals surface area contributed by atoms with E-state index in [1.165, 1.54) is 30.0 Å². The number of thioether (sulfide) groups is 1. The Morgan fingerprint density at radius 3 is 2.85 bits per heavy atom. The quantitative estimate of drug-likeness (QED) is 0.597. The number of benzene rings is 2. The normalized spacial score (nSPS) is 24.0. The van der Waals surface area contributed by atoms with Crippen LogP contribution in [0.15, 0.2) is 64.2 Å². The van der Waals surface area contributed by atoms with Crippen LogP contribution in [0.5, 0.6) is 0 Å². The van der Waals surface area contributed by atoms with Gasteiger partial charge in [0, 0.05) is 22.8 Å². The fraction of sp³-hybridized carbons (Fsp3) is 0.280. The molecule has 2 aliphatic heterocycles. The number of carbonyl (C=O) groups is 1. The number of aliphatic imine (C=N–C) groups is 1. The molecule has 34 heavy (non-hydrogen) atoms. The molecule has 1 amide bonds. The highest BCUT2D eigenvalue weighted by molar-refractivity contribution is 8.13.